The number of fused-ring (bicyclic) bond motifs is 4. The van der Waals surface area contributed by atoms with Gasteiger partial charge in [0.2, 0.25) is 0 Å². The molecule has 0 spiro atoms. The van der Waals surface area contributed by atoms with E-state index in [1.165, 1.54) is 56.0 Å². The van der Waals surface area contributed by atoms with Crippen molar-refractivity contribution in [2.75, 3.05) is 4.90 Å². The van der Waals surface area contributed by atoms with Gasteiger partial charge in [-0.25, -0.2) is 0 Å². The average molecular weight is 354 g/mol. The molecular formula is C26H27N. The number of aryl methyl sites for hydroxylation is 3. The highest BCUT2D eigenvalue weighted by Crippen LogP contribution is 2.50. The Morgan fingerprint density at radius 3 is 1.48 bits per heavy atom. The van der Waals surface area contributed by atoms with E-state index in [0.29, 0.717) is 0 Å². The van der Waals surface area contributed by atoms with Gasteiger partial charge in [-0.1, -0.05) is 57.2 Å². The maximum atomic E-state index is 2.54. The molecule has 0 unspecified atom stereocenters. The lowest BCUT2D eigenvalue weighted by atomic mass is 9.84. The van der Waals surface area contributed by atoms with Crippen molar-refractivity contribution in [3.63, 3.8) is 0 Å². The normalized spacial score (nSPS) is 13.8. The fourth-order valence-electron chi connectivity index (χ4n) is 4.81. The van der Waals surface area contributed by atoms with Crippen molar-refractivity contribution < 1.29 is 0 Å². The molecular weight excluding hydrogens is 326 g/mol. The number of hydrogen-bond acceptors (Lipinski definition) is 1. The van der Waals surface area contributed by atoms with E-state index in [4.69, 9.17) is 0 Å². The van der Waals surface area contributed by atoms with Crippen molar-refractivity contribution >= 4 is 17.1 Å². The van der Waals surface area contributed by atoms with E-state index < -0.39 is 0 Å². The standard InChI is InChI=1S/C26H27N/c1-4-17-7-9-24-20(11-17)15-22-13-19(6-3)14-23-16-21-12-18(5-2)8-10-25(21)27(24)26(22)23/h7-14H,4-6,15-16H2,1-3H3. The summed E-state index contributed by atoms with van der Waals surface area (Å²) in [5, 5.41) is 0. The molecule has 0 saturated heterocycles. The van der Waals surface area contributed by atoms with Gasteiger partial charge < -0.3 is 4.90 Å². The molecule has 0 aliphatic carbocycles. The molecule has 27 heavy (non-hydrogen) atoms. The molecule has 136 valence electrons. The number of anilines is 3. The molecule has 1 heteroatoms. The van der Waals surface area contributed by atoms with Crippen molar-refractivity contribution in [1.29, 1.82) is 0 Å². The number of hydrogen-bond donors (Lipinski definition) is 0. The van der Waals surface area contributed by atoms with Gasteiger partial charge in [-0.15, -0.1) is 0 Å². The second-order valence-corrected chi connectivity index (χ2v) is 7.94. The summed E-state index contributed by atoms with van der Waals surface area (Å²) in [5.41, 5.74) is 14.4. The zero-order chi connectivity index (χ0) is 18.5. The van der Waals surface area contributed by atoms with Crippen LogP contribution in [0.5, 0.6) is 0 Å². The van der Waals surface area contributed by atoms with Crippen molar-refractivity contribution in [1.82, 2.24) is 0 Å². The number of benzene rings is 3. The minimum atomic E-state index is 1.05. The third kappa shape index (κ3) is 2.52. The van der Waals surface area contributed by atoms with E-state index in [-0.39, 0.29) is 0 Å². The molecule has 2 aliphatic rings. The third-order valence-corrected chi connectivity index (χ3v) is 6.31. The molecule has 3 aromatic rings. The Bertz CT molecular complexity index is 966. The van der Waals surface area contributed by atoms with Crippen molar-refractivity contribution in [3.05, 3.63) is 87.5 Å². The second-order valence-electron chi connectivity index (χ2n) is 7.94. The highest BCUT2D eigenvalue weighted by atomic mass is 15.2. The lowest BCUT2D eigenvalue weighted by molar-refractivity contribution is 0.980. The molecule has 3 aromatic carbocycles. The van der Waals surface area contributed by atoms with E-state index in [0.717, 1.165) is 32.1 Å². The van der Waals surface area contributed by atoms with Crippen LogP contribution in [0.1, 0.15) is 59.7 Å². The Hall–Kier alpha value is -2.54. The molecule has 0 fully saturated rings. The summed E-state index contributed by atoms with van der Waals surface area (Å²) in [6, 6.07) is 19.0. The minimum absolute atomic E-state index is 1.05. The molecule has 0 amide bonds. The van der Waals surface area contributed by atoms with E-state index in [2.05, 4.69) is 74.2 Å². The predicted molar refractivity (Wildman–Crippen MR) is 115 cm³/mol. The van der Waals surface area contributed by atoms with Gasteiger partial charge in [-0.3, -0.25) is 0 Å². The largest absolute Gasteiger partial charge is 0.309 e. The van der Waals surface area contributed by atoms with Crippen LogP contribution in [0.4, 0.5) is 17.1 Å². The van der Waals surface area contributed by atoms with Crippen LogP contribution in [-0.2, 0) is 32.1 Å². The number of rotatable bonds is 3. The van der Waals surface area contributed by atoms with Gasteiger partial charge >= 0.3 is 0 Å². The highest BCUT2D eigenvalue weighted by Gasteiger charge is 2.31. The summed E-state index contributed by atoms with van der Waals surface area (Å²) in [5.74, 6) is 0. The number of nitrogens with zero attached hydrogens (tertiary/aromatic N) is 1. The molecule has 5 rings (SSSR count). The van der Waals surface area contributed by atoms with Crippen LogP contribution in [0.2, 0.25) is 0 Å². The Labute approximate surface area is 162 Å². The molecule has 0 bridgehead atoms. The van der Waals surface area contributed by atoms with Gasteiger partial charge in [0.1, 0.15) is 0 Å². The average Bonchev–Trinajstić information content (AvgIpc) is 2.72. The lowest BCUT2D eigenvalue weighted by Gasteiger charge is -2.40. The van der Waals surface area contributed by atoms with E-state index in [1.807, 2.05) is 0 Å². The first-order valence-electron chi connectivity index (χ1n) is 10.4. The molecule has 0 aromatic heterocycles. The van der Waals surface area contributed by atoms with Crippen LogP contribution in [0, 0.1) is 0 Å². The smallest absolute Gasteiger partial charge is 0.0532 e. The molecule has 0 atom stereocenters. The van der Waals surface area contributed by atoms with Gasteiger partial charge in [0.25, 0.3) is 0 Å². The quantitative estimate of drug-likeness (QED) is 0.351. The van der Waals surface area contributed by atoms with Gasteiger partial charge in [0, 0.05) is 24.2 Å². The van der Waals surface area contributed by atoms with Crippen LogP contribution in [0.15, 0.2) is 48.5 Å². The van der Waals surface area contributed by atoms with Gasteiger partial charge in [0.15, 0.2) is 0 Å². The Morgan fingerprint density at radius 2 is 1.04 bits per heavy atom. The van der Waals surface area contributed by atoms with Crippen molar-refractivity contribution in [2.24, 2.45) is 0 Å². The summed E-state index contributed by atoms with van der Waals surface area (Å²) in [6.07, 6.45) is 5.40. The molecule has 0 saturated carbocycles. The van der Waals surface area contributed by atoms with Gasteiger partial charge in [0.05, 0.1) is 5.69 Å². The summed E-state index contributed by atoms with van der Waals surface area (Å²) >= 11 is 0. The zero-order valence-electron chi connectivity index (χ0n) is 16.6. The molecule has 0 radical (unpaired) electrons. The summed E-state index contributed by atoms with van der Waals surface area (Å²) in [4.78, 5) is 2.54. The first-order valence-corrected chi connectivity index (χ1v) is 10.4. The topological polar surface area (TPSA) is 3.24 Å². The minimum Gasteiger partial charge on any atom is -0.309 e. The summed E-state index contributed by atoms with van der Waals surface area (Å²) in [7, 11) is 0. The highest BCUT2D eigenvalue weighted by molar-refractivity contribution is 5.89. The first-order chi connectivity index (χ1) is 13.2. The first kappa shape index (κ1) is 16.6. The van der Waals surface area contributed by atoms with Crippen LogP contribution in [-0.4, -0.2) is 0 Å². The van der Waals surface area contributed by atoms with Crippen LogP contribution >= 0.6 is 0 Å². The maximum absolute atomic E-state index is 2.54. The van der Waals surface area contributed by atoms with E-state index in [9.17, 15) is 0 Å². The zero-order valence-corrected chi connectivity index (χ0v) is 16.6. The Balaban J connectivity index is 1.78. The molecule has 2 heterocycles. The predicted octanol–water partition coefficient (Wildman–Crippen LogP) is 6.65. The fraction of sp³-hybridized carbons (Fsp3) is 0.308. The Morgan fingerprint density at radius 1 is 0.593 bits per heavy atom. The van der Waals surface area contributed by atoms with Crippen LogP contribution < -0.4 is 4.90 Å². The molecule has 0 N–H and O–H groups in total. The molecule has 2 aliphatic heterocycles. The summed E-state index contributed by atoms with van der Waals surface area (Å²) in [6.45, 7) is 6.76. The van der Waals surface area contributed by atoms with E-state index in [1.54, 1.807) is 0 Å². The van der Waals surface area contributed by atoms with E-state index >= 15 is 0 Å². The van der Waals surface area contributed by atoms with Crippen molar-refractivity contribution in [3.8, 4) is 0 Å². The molecule has 1 nitrogen and oxygen atoms in total. The van der Waals surface area contributed by atoms with Gasteiger partial charge in [-0.2, -0.15) is 0 Å². The SMILES string of the molecule is CCc1ccc2c(c1)Cc1cc(CC)cc3c1N2c1ccc(CC)cc1C3. The van der Waals surface area contributed by atoms with Crippen LogP contribution in [0.25, 0.3) is 0 Å². The third-order valence-electron chi connectivity index (χ3n) is 6.31. The summed E-state index contributed by atoms with van der Waals surface area (Å²) < 4.78 is 0. The van der Waals surface area contributed by atoms with Crippen molar-refractivity contribution in [2.45, 2.75) is 52.9 Å². The van der Waals surface area contributed by atoms with Gasteiger partial charge in [-0.05, 0) is 70.3 Å². The lowest BCUT2D eigenvalue weighted by Crippen LogP contribution is -2.25. The monoisotopic (exact) mass is 353 g/mol. The fourth-order valence-corrected chi connectivity index (χ4v) is 4.81. The maximum Gasteiger partial charge on any atom is 0.0532 e. The second kappa shape index (κ2) is 6.27. The van der Waals surface area contributed by atoms with Crippen LogP contribution in [0.3, 0.4) is 0 Å². The Kier molecular flexibility index (Phi) is 3.86.